The lowest BCUT2D eigenvalue weighted by Gasteiger charge is -2.38. The van der Waals surface area contributed by atoms with Crippen molar-refractivity contribution in [2.75, 3.05) is 14.2 Å². The van der Waals surface area contributed by atoms with Crippen LogP contribution in [-0.2, 0) is 0 Å². The van der Waals surface area contributed by atoms with Crippen LogP contribution in [0.2, 0.25) is 0 Å². The second-order valence-corrected chi connectivity index (χ2v) is 8.75. The summed E-state index contributed by atoms with van der Waals surface area (Å²) in [6.07, 6.45) is 0.503. The van der Waals surface area contributed by atoms with E-state index in [-0.39, 0.29) is 12.3 Å². The van der Waals surface area contributed by atoms with Crippen molar-refractivity contribution in [1.82, 2.24) is 5.01 Å². The van der Waals surface area contributed by atoms with Gasteiger partial charge in [0.15, 0.2) is 11.5 Å². The van der Waals surface area contributed by atoms with Gasteiger partial charge in [0.25, 0.3) is 0 Å². The Morgan fingerprint density at radius 1 is 1.10 bits per heavy atom. The summed E-state index contributed by atoms with van der Waals surface area (Å²) in [6.45, 7) is 0. The van der Waals surface area contributed by atoms with Crippen molar-refractivity contribution in [2.45, 2.75) is 18.7 Å². The predicted molar refractivity (Wildman–Crippen MR) is 117 cm³/mol. The van der Waals surface area contributed by atoms with Crippen LogP contribution in [0.25, 0.3) is 0 Å². The number of thiophene rings is 1. The van der Waals surface area contributed by atoms with Gasteiger partial charge in [0.1, 0.15) is 5.75 Å². The highest BCUT2D eigenvalue weighted by atomic mass is 79.9. The third-order valence-electron chi connectivity index (χ3n) is 5.25. The monoisotopic (exact) mass is 470 g/mol. The van der Waals surface area contributed by atoms with Gasteiger partial charge in [-0.3, -0.25) is 0 Å². The van der Waals surface area contributed by atoms with Crippen LogP contribution in [0.4, 0.5) is 0 Å². The number of ether oxygens (including phenoxy) is 3. The van der Waals surface area contributed by atoms with E-state index >= 15 is 0 Å². The predicted octanol–water partition coefficient (Wildman–Crippen LogP) is 5.77. The minimum atomic E-state index is -0.342. The Morgan fingerprint density at radius 2 is 1.97 bits per heavy atom. The molecule has 0 spiro atoms. The molecule has 0 radical (unpaired) electrons. The van der Waals surface area contributed by atoms with Gasteiger partial charge in [-0.15, -0.1) is 11.3 Å². The molecule has 2 aliphatic rings. The number of hydrogen-bond donors (Lipinski definition) is 0. The summed E-state index contributed by atoms with van der Waals surface area (Å²) in [4.78, 5) is 1.20. The minimum absolute atomic E-state index is 0.117. The van der Waals surface area contributed by atoms with Crippen molar-refractivity contribution in [3.8, 4) is 17.2 Å². The van der Waals surface area contributed by atoms with E-state index < -0.39 is 0 Å². The Labute approximate surface area is 181 Å². The van der Waals surface area contributed by atoms with Gasteiger partial charge in [-0.2, -0.15) is 5.10 Å². The lowest BCUT2D eigenvalue weighted by Crippen LogP contribution is -2.33. The average molecular weight is 471 g/mol. The molecule has 0 aliphatic carbocycles. The smallest absolute Gasteiger partial charge is 0.214 e. The van der Waals surface area contributed by atoms with E-state index in [4.69, 9.17) is 19.3 Å². The van der Waals surface area contributed by atoms with Crippen molar-refractivity contribution in [2.24, 2.45) is 5.10 Å². The van der Waals surface area contributed by atoms with Crippen molar-refractivity contribution in [3.05, 3.63) is 74.4 Å². The maximum atomic E-state index is 6.43. The van der Waals surface area contributed by atoms with Gasteiger partial charge < -0.3 is 14.2 Å². The number of hydrogen-bond acceptors (Lipinski definition) is 6. The van der Waals surface area contributed by atoms with Gasteiger partial charge in [-0.05, 0) is 47.8 Å². The Balaban J connectivity index is 1.60. The van der Waals surface area contributed by atoms with Gasteiger partial charge in [-0.1, -0.05) is 22.0 Å². The molecule has 5 nitrogen and oxygen atoms in total. The zero-order chi connectivity index (χ0) is 20.0. The van der Waals surface area contributed by atoms with Gasteiger partial charge >= 0.3 is 0 Å². The molecule has 5 rings (SSSR count). The summed E-state index contributed by atoms with van der Waals surface area (Å²) in [5.41, 5.74) is 3.20. The lowest BCUT2D eigenvalue weighted by atomic mass is 9.97. The molecule has 2 atom stereocenters. The minimum Gasteiger partial charge on any atom is -0.493 e. The molecule has 3 aromatic rings. The first-order valence-electron chi connectivity index (χ1n) is 9.25. The first kappa shape index (κ1) is 18.5. The van der Waals surface area contributed by atoms with Crippen LogP contribution >= 0.6 is 27.3 Å². The van der Waals surface area contributed by atoms with Crippen LogP contribution < -0.4 is 14.2 Å². The molecule has 2 aromatic carbocycles. The van der Waals surface area contributed by atoms with Crippen LogP contribution in [-0.4, -0.2) is 24.9 Å². The summed E-state index contributed by atoms with van der Waals surface area (Å²) in [7, 11) is 3.28. The van der Waals surface area contributed by atoms with Crippen molar-refractivity contribution in [1.29, 1.82) is 0 Å². The summed E-state index contributed by atoms with van der Waals surface area (Å²) in [5, 5.41) is 9.14. The van der Waals surface area contributed by atoms with E-state index in [2.05, 4.69) is 44.5 Å². The summed E-state index contributed by atoms with van der Waals surface area (Å²) in [5.74, 6) is 2.25. The zero-order valence-electron chi connectivity index (χ0n) is 16.0. The number of hydrazone groups is 1. The fourth-order valence-corrected chi connectivity index (χ4v) is 4.98. The first-order valence-corrected chi connectivity index (χ1v) is 10.9. The molecular formula is C22H19BrN2O3S. The number of fused-ring (bicyclic) bond motifs is 3. The highest BCUT2D eigenvalue weighted by Gasteiger charge is 2.41. The number of nitrogens with zero attached hydrogens (tertiary/aromatic N) is 2. The summed E-state index contributed by atoms with van der Waals surface area (Å²) >= 11 is 5.31. The largest absolute Gasteiger partial charge is 0.493 e. The molecule has 0 amide bonds. The molecular weight excluding hydrogens is 452 g/mol. The van der Waals surface area contributed by atoms with Crippen molar-refractivity contribution >= 4 is 33.0 Å². The van der Waals surface area contributed by atoms with Gasteiger partial charge in [0.2, 0.25) is 6.23 Å². The van der Waals surface area contributed by atoms with Crippen LogP contribution in [0.1, 0.15) is 34.7 Å². The van der Waals surface area contributed by atoms with Crippen molar-refractivity contribution < 1.29 is 14.2 Å². The van der Waals surface area contributed by atoms with E-state index in [1.165, 1.54) is 4.88 Å². The SMILES string of the molecule is COc1ccc([C@@H]2Oc3ccc(Br)cc3[C@H]3CC(c4cccs4)=NN32)cc1OC. The normalized spacial score (nSPS) is 19.8. The molecule has 1 aromatic heterocycles. The number of halogens is 1. The second kappa shape index (κ2) is 7.39. The van der Waals surface area contributed by atoms with E-state index in [0.717, 1.165) is 33.5 Å². The fraction of sp³-hybridized carbons (Fsp3) is 0.227. The van der Waals surface area contributed by atoms with Crippen molar-refractivity contribution in [3.63, 3.8) is 0 Å². The maximum Gasteiger partial charge on any atom is 0.214 e. The maximum absolute atomic E-state index is 6.43. The highest BCUT2D eigenvalue weighted by Crippen LogP contribution is 2.49. The Bertz CT molecular complexity index is 1080. The highest BCUT2D eigenvalue weighted by molar-refractivity contribution is 9.10. The molecule has 29 heavy (non-hydrogen) atoms. The van der Waals surface area contributed by atoms with Gasteiger partial charge in [-0.25, -0.2) is 5.01 Å². The van der Waals surface area contributed by atoms with Gasteiger partial charge in [0.05, 0.1) is 30.9 Å². The summed E-state index contributed by atoms with van der Waals surface area (Å²) < 4.78 is 18.4. The average Bonchev–Trinajstić information content (AvgIpc) is 3.42. The zero-order valence-corrected chi connectivity index (χ0v) is 18.4. The fourth-order valence-electron chi connectivity index (χ4n) is 3.88. The molecule has 2 aliphatic heterocycles. The molecule has 3 heterocycles. The number of benzene rings is 2. The van der Waals surface area contributed by atoms with Crippen LogP contribution in [0, 0.1) is 0 Å². The molecule has 7 heteroatoms. The lowest BCUT2D eigenvalue weighted by molar-refractivity contribution is -0.0192. The van der Waals surface area contributed by atoms with Crippen LogP contribution in [0.3, 0.4) is 0 Å². The number of methoxy groups -OCH3 is 2. The Kier molecular flexibility index (Phi) is 4.72. The molecule has 148 valence electrons. The van der Waals surface area contributed by atoms with E-state index in [1.807, 2.05) is 30.3 Å². The molecule has 0 fully saturated rings. The Morgan fingerprint density at radius 3 is 2.72 bits per heavy atom. The van der Waals surface area contributed by atoms with Crippen LogP contribution in [0.15, 0.2) is 63.5 Å². The molecule has 0 saturated heterocycles. The van der Waals surface area contributed by atoms with E-state index in [1.54, 1.807) is 25.6 Å². The molecule has 0 saturated carbocycles. The quantitative estimate of drug-likeness (QED) is 0.485. The molecule has 0 bridgehead atoms. The third-order valence-corrected chi connectivity index (χ3v) is 6.66. The topological polar surface area (TPSA) is 43.3 Å². The first-order chi connectivity index (χ1) is 14.2. The number of rotatable bonds is 4. The van der Waals surface area contributed by atoms with Crippen LogP contribution in [0.5, 0.6) is 17.2 Å². The molecule has 0 unspecified atom stereocenters. The summed E-state index contributed by atoms with van der Waals surface area (Å²) in [6, 6.07) is 16.3. The Hall–Kier alpha value is -2.51. The standard InChI is InChI=1S/C22H19BrN2O3S/c1-26-19-7-5-13(10-20(19)27-2)22-25-17(12-16(24-25)21-4-3-9-29-21)15-11-14(23)6-8-18(15)28-22/h3-11,17,22H,12H2,1-2H3/t17-,22+/m1/s1. The van der Waals surface area contributed by atoms with E-state index in [0.29, 0.717) is 11.5 Å². The third kappa shape index (κ3) is 3.18. The second-order valence-electron chi connectivity index (χ2n) is 6.89. The van der Waals surface area contributed by atoms with Gasteiger partial charge in [0, 0.05) is 22.0 Å². The van der Waals surface area contributed by atoms with E-state index in [9.17, 15) is 0 Å². The molecule has 0 N–H and O–H groups in total.